The molecule has 2 N–H and O–H groups in total. The van der Waals surface area contributed by atoms with E-state index in [9.17, 15) is 4.79 Å². The van der Waals surface area contributed by atoms with Crippen molar-refractivity contribution in [3.63, 3.8) is 0 Å². The van der Waals surface area contributed by atoms with Crippen molar-refractivity contribution in [3.05, 3.63) is 65.2 Å². The van der Waals surface area contributed by atoms with Gasteiger partial charge in [0.2, 0.25) is 5.91 Å². The van der Waals surface area contributed by atoms with Crippen LogP contribution in [0.4, 0.5) is 5.69 Å². The van der Waals surface area contributed by atoms with Gasteiger partial charge in [0.1, 0.15) is 0 Å². The van der Waals surface area contributed by atoms with E-state index < -0.39 is 0 Å². The van der Waals surface area contributed by atoms with E-state index >= 15 is 0 Å². The Kier molecular flexibility index (Phi) is 6.89. The molecule has 1 aliphatic heterocycles. The largest absolute Gasteiger partial charge is 0.379 e. The molecule has 0 saturated carbocycles. The Balaban J connectivity index is 1.60. The minimum atomic E-state index is -0.0424. The molecule has 5 nitrogen and oxygen atoms in total. The van der Waals surface area contributed by atoms with E-state index in [0.717, 1.165) is 29.4 Å². The zero-order chi connectivity index (χ0) is 18.2. The fourth-order valence-corrected chi connectivity index (χ4v) is 3.34. The molecule has 6 heteroatoms. The van der Waals surface area contributed by atoms with Crippen LogP contribution >= 0.6 is 11.6 Å². The summed E-state index contributed by atoms with van der Waals surface area (Å²) < 4.78 is 5.46. The lowest BCUT2D eigenvalue weighted by Crippen LogP contribution is -2.44. The molecule has 0 radical (unpaired) electrons. The molecule has 1 unspecified atom stereocenters. The Morgan fingerprint density at radius 3 is 2.50 bits per heavy atom. The van der Waals surface area contributed by atoms with Crippen molar-refractivity contribution in [2.45, 2.75) is 6.04 Å². The lowest BCUT2D eigenvalue weighted by Gasteiger charge is -2.35. The number of benzene rings is 2. The first-order valence-corrected chi connectivity index (χ1v) is 9.23. The summed E-state index contributed by atoms with van der Waals surface area (Å²) in [7, 11) is 0. The van der Waals surface area contributed by atoms with Crippen LogP contribution in [0.15, 0.2) is 54.6 Å². The third kappa shape index (κ3) is 5.21. The zero-order valence-electron chi connectivity index (χ0n) is 14.7. The predicted molar refractivity (Wildman–Crippen MR) is 105 cm³/mol. The summed E-state index contributed by atoms with van der Waals surface area (Å²) in [5.74, 6) is -0.0424. The smallest absolute Gasteiger partial charge is 0.239 e. The fraction of sp³-hybridized carbons (Fsp3) is 0.350. The van der Waals surface area contributed by atoms with Gasteiger partial charge >= 0.3 is 0 Å². The number of hydrogen-bond acceptors (Lipinski definition) is 4. The number of para-hydroxylation sites is 1. The highest BCUT2D eigenvalue weighted by atomic mass is 35.5. The van der Waals surface area contributed by atoms with Gasteiger partial charge in [-0.25, -0.2) is 0 Å². The summed E-state index contributed by atoms with van der Waals surface area (Å²) in [5.41, 5.74) is 1.96. The quantitative estimate of drug-likeness (QED) is 0.783. The number of nitrogens with one attached hydrogen (secondary N) is 2. The highest BCUT2D eigenvalue weighted by Crippen LogP contribution is 2.27. The maximum absolute atomic E-state index is 12.3. The van der Waals surface area contributed by atoms with Crippen LogP contribution in [0.1, 0.15) is 11.6 Å². The number of carbonyl (C=O) groups is 1. The van der Waals surface area contributed by atoms with Gasteiger partial charge in [0.25, 0.3) is 0 Å². The number of hydrogen-bond donors (Lipinski definition) is 2. The monoisotopic (exact) mass is 373 g/mol. The molecule has 26 heavy (non-hydrogen) atoms. The Labute approximate surface area is 159 Å². The van der Waals surface area contributed by atoms with Crippen LogP contribution in [0.5, 0.6) is 0 Å². The number of morpholine rings is 1. The van der Waals surface area contributed by atoms with Crippen molar-refractivity contribution in [3.8, 4) is 0 Å². The molecule has 1 amide bonds. The molecular formula is C20H24ClN3O2. The number of halogens is 1. The average Bonchev–Trinajstić information content (AvgIpc) is 2.69. The number of carbonyl (C=O) groups excluding carboxylic acids is 1. The van der Waals surface area contributed by atoms with E-state index in [1.165, 1.54) is 0 Å². The zero-order valence-corrected chi connectivity index (χ0v) is 15.4. The van der Waals surface area contributed by atoms with Crippen molar-refractivity contribution < 1.29 is 9.53 Å². The normalized spacial score (nSPS) is 16.0. The van der Waals surface area contributed by atoms with Gasteiger partial charge in [-0.15, -0.1) is 0 Å². The van der Waals surface area contributed by atoms with Crippen LogP contribution in [0.3, 0.4) is 0 Å². The van der Waals surface area contributed by atoms with Crippen LogP contribution in [0, 0.1) is 0 Å². The Hall–Kier alpha value is -2.08. The standard InChI is InChI=1S/C20H24ClN3O2/c21-18-9-5-4-8-17(18)19(24-10-12-26-13-11-24)14-23-20(25)15-22-16-6-2-1-3-7-16/h1-9,19,22H,10-15H2,(H,23,25). The van der Waals surface area contributed by atoms with Gasteiger partial charge in [-0.3, -0.25) is 9.69 Å². The van der Waals surface area contributed by atoms with E-state index in [1.807, 2.05) is 54.6 Å². The van der Waals surface area contributed by atoms with E-state index in [0.29, 0.717) is 19.8 Å². The molecule has 2 aromatic rings. The molecular weight excluding hydrogens is 350 g/mol. The number of anilines is 1. The molecule has 1 heterocycles. The summed E-state index contributed by atoms with van der Waals surface area (Å²) in [4.78, 5) is 14.6. The van der Waals surface area contributed by atoms with Crippen LogP contribution in [0.25, 0.3) is 0 Å². The first-order chi connectivity index (χ1) is 12.7. The molecule has 3 rings (SSSR count). The van der Waals surface area contributed by atoms with Gasteiger partial charge in [-0.05, 0) is 23.8 Å². The summed E-state index contributed by atoms with van der Waals surface area (Å²) >= 11 is 6.41. The second kappa shape index (κ2) is 9.57. The van der Waals surface area contributed by atoms with Crippen molar-refractivity contribution >= 4 is 23.2 Å². The third-order valence-corrected chi connectivity index (χ3v) is 4.81. The van der Waals surface area contributed by atoms with Crippen LogP contribution < -0.4 is 10.6 Å². The molecule has 138 valence electrons. The van der Waals surface area contributed by atoms with Crippen molar-refractivity contribution in [1.29, 1.82) is 0 Å². The highest BCUT2D eigenvalue weighted by Gasteiger charge is 2.24. The molecule has 1 aliphatic rings. The first kappa shape index (κ1) is 18.7. The van der Waals surface area contributed by atoms with Gasteiger partial charge in [-0.2, -0.15) is 0 Å². The second-order valence-electron chi connectivity index (χ2n) is 6.21. The van der Waals surface area contributed by atoms with Crippen LogP contribution in [-0.4, -0.2) is 50.2 Å². The number of ether oxygens (including phenoxy) is 1. The number of amides is 1. The molecule has 0 spiro atoms. The summed E-state index contributed by atoms with van der Waals surface area (Å²) in [6, 6.07) is 17.5. The molecule has 0 aromatic heterocycles. The lowest BCUT2D eigenvalue weighted by molar-refractivity contribution is -0.119. The Bertz CT molecular complexity index is 705. The first-order valence-electron chi connectivity index (χ1n) is 8.86. The highest BCUT2D eigenvalue weighted by molar-refractivity contribution is 6.31. The molecule has 2 aromatic carbocycles. The topological polar surface area (TPSA) is 53.6 Å². The summed E-state index contributed by atoms with van der Waals surface area (Å²) in [6.07, 6.45) is 0. The van der Waals surface area contributed by atoms with Gasteiger partial charge in [0.15, 0.2) is 0 Å². The molecule has 1 saturated heterocycles. The minimum absolute atomic E-state index is 0.0354. The lowest BCUT2D eigenvalue weighted by atomic mass is 10.0. The number of nitrogens with zero attached hydrogens (tertiary/aromatic N) is 1. The van der Waals surface area contributed by atoms with Crippen molar-refractivity contribution in [2.75, 3.05) is 44.7 Å². The van der Waals surface area contributed by atoms with Gasteiger partial charge in [0.05, 0.1) is 25.8 Å². The molecule has 0 aliphatic carbocycles. The fourth-order valence-electron chi connectivity index (χ4n) is 3.08. The van der Waals surface area contributed by atoms with Crippen LogP contribution in [-0.2, 0) is 9.53 Å². The van der Waals surface area contributed by atoms with E-state index in [-0.39, 0.29) is 18.5 Å². The Morgan fingerprint density at radius 1 is 1.08 bits per heavy atom. The summed E-state index contributed by atoms with van der Waals surface area (Å²) in [6.45, 7) is 3.80. The number of rotatable bonds is 7. The summed E-state index contributed by atoms with van der Waals surface area (Å²) in [5, 5.41) is 6.88. The predicted octanol–water partition coefficient (Wildman–Crippen LogP) is 2.94. The maximum Gasteiger partial charge on any atom is 0.239 e. The third-order valence-electron chi connectivity index (χ3n) is 4.47. The van der Waals surface area contributed by atoms with Gasteiger partial charge in [-0.1, -0.05) is 48.0 Å². The van der Waals surface area contributed by atoms with E-state index in [1.54, 1.807) is 0 Å². The van der Waals surface area contributed by atoms with Crippen molar-refractivity contribution in [1.82, 2.24) is 10.2 Å². The maximum atomic E-state index is 12.3. The van der Waals surface area contributed by atoms with Gasteiger partial charge < -0.3 is 15.4 Å². The minimum Gasteiger partial charge on any atom is -0.379 e. The average molecular weight is 374 g/mol. The van der Waals surface area contributed by atoms with E-state index in [2.05, 4.69) is 15.5 Å². The van der Waals surface area contributed by atoms with Crippen LogP contribution in [0.2, 0.25) is 5.02 Å². The second-order valence-corrected chi connectivity index (χ2v) is 6.62. The van der Waals surface area contributed by atoms with E-state index in [4.69, 9.17) is 16.3 Å². The molecule has 1 atom stereocenters. The van der Waals surface area contributed by atoms with Gasteiger partial charge in [0, 0.05) is 30.3 Å². The Morgan fingerprint density at radius 2 is 1.77 bits per heavy atom. The SMILES string of the molecule is O=C(CNc1ccccc1)NCC(c1ccccc1Cl)N1CCOCC1. The van der Waals surface area contributed by atoms with Crippen molar-refractivity contribution in [2.24, 2.45) is 0 Å². The molecule has 1 fully saturated rings. The molecule has 0 bridgehead atoms.